The van der Waals surface area contributed by atoms with Gasteiger partial charge >= 0.3 is 5.97 Å². The summed E-state index contributed by atoms with van der Waals surface area (Å²) in [5, 5.41) is 18.8. The number of carbonyl (C=O) groups excluding carboxylic acids is 1. The normalized spacial score (nSPS) is 15.2. The van der Waals surface area contributed by atoms with Crippen molar-refractivity contribution in [1.82, 2.24) is 0 Å². The van der Waals surface area contributed by atoms with Crippen molar-refractivity contribution >= 4 is 5.97 Å². The average molecular weight is 363 g/mol. The van der Waals surface area contributed by atoms with E-state index in [1.807, 2.05) is 6.92 Å². The van der Waals surface area contributed by atoms with Crippen LogP contribution in [0.3, 0.4) is 0 Å². The predicted molar refractivity (Wildman–Crippen MR) is 105 cm³/mol. The van der Waals surface area contributed by atoms with Crippen LogP contribution in [0.5, 0.6) is 11.5 Å². The van der Waals surface area contributed by atoms with Gasteiger partial charge in [0.25, 0.3) is 0 Å². The molecule has 0 heterocycles. The molecule has 0 aliphatic carbocycles. The summed E-state index contributed by atoms with van der Waals surface area (Å²) in [4.78, 5) is 12.1. The molecule has 0 saturated heterocycles. The maximum absolute atomic E-state index is 12.1. The minimum absolute atomic E-state index is 0.149. The van der Waals surface area contributed by atoms with Crippen LogP contribution in [-0.4, -0.2) is 22.8 Å². The summed E-state index contributed by atoms with van der Waals surface area (Å²) in [7, 11) is 0. The molecular formula is C22H34O4. The molecule has 4 heteroatoms. The lowest BCUT2D eigenvalue weighted by Gasteiger charge is -2.15. The molecule has 3 unspecified atom stereocenters. The zero-order valence-corrected chi connectivity index (χ0v) is 16.7. The second-order valence-electron chi connectivity index (χ2n) is 7.85. The first-order valence-electron chi connectivity index (χ1n) is 9.54. The summed E-state index contributed by atoms with van der Waals surface area (Å²) in [5.41, 5.74) is 0.816. The van der Waals surface area contributed by atoms with Crippen LogP contribution in [-0.2, 0) is 16.0 Å². The van der Waals surface area contributed by atoms with Gasteiger partial charge in [-0.3, -0.25) is 4.79 Å². The zero-order chi connectivity index (χ0) is 19.7. The highest BCUT2D eigenvalue weighted by atomic mass is 16.5. The zero-order valence-electron chi connectivity index (χ0n) is 16.7. The molecule has 2 N–H and O–H groups in total. The van der Waals surface area contributed by atoms with Crippen molar-refractivity contribution in [2.45, 2.75) is 53.9 Å². The van der Waals surface area contributed by atoms with Gasteiger partial charge in [0.05, 0.1) is 12.5 Å². The molecule has 3 atom stereocenters. The molecular weight excluding hydrogens is 328 g/mol. The molecule has 26 heavy (non-hydrogen) atoms. The van der Waals surface area contributed by atoms with Crippen LogP contribution in [0.2, 0.25) is 0 Å². The summed E-state index contributed by atoms with van der Waals surface area (Å²) >= 11 is 0. The number of esters is 1. The Balaban J connectivity index is 2.35. The minimum atomic E-state index is -0.191. The quantitative estimate of drug-likeness (QED) is 0.346. The molecule has 1 rings (SSSR count). The average Bonchev–Trinajstić information content (AvgIpc) is 2.55. The van der Waals surface area contributed by atoms with Gasteiger partial charge in [-0.15, -0.1) is 0 Å². The van der Waals surface area contributed by atoms with E-state index in [0.29, 0.717) is 24.2 Å². The number of rotatable bonds is 10. The maximum Gasteiger partial charge on any atom is 0.308 e. The number of benzene rings is 1. The van der Waals surface area contributed by atoms with Crippen LogP contribution in [0.15, 0.2) is 30.4 Å². The van der Waals surface area contributed by atoms with Gasteiger partial charge in [-0.2, -0.15) is 0 Å². The highest BCUT2D eigenvalue weighted by Gasteiger charge is 2.17. The lowest BCUT2D eigenvalue weighted by Crippen LogP contribution is -2.18. The van der Waals surface area contributed by atoms with Crippen molar-refractivity contribution in [2.24, 2.45) is 23.7 Å². The van der Waals surface area contributed by atoms with Gasteiger partial charge in [0.2, 0.25) is 0 Å². The van der Waals surface area contributed by atoms with Gasteiger partial charge in [-0.05, 0) is 48.3 Å². The third-order valence-corrected chi connectivity index (χ3v) is 4.41. The van der Waals surface area contributed by atoms with Crippen molar-refractivity contribution in [3.05, 3.63) is 35.9 Å². The number of hydrogen-bond donors (Lipinski definition) is 2. The Bertz CT molecular complexity index is 592. The van der Waals surface area contributed by atoms with E-state index in [9.17, 15) is 15.0 Å². The number of phenols is 2. The fourth-order valence-electron chi connectivity index (χ4n) is 3.07. The lowest BCUT2D eigenvalue weighted by atomic mass is 9.93. The number of aromatic hydroxyl groups is 2. The van der Waals surface area contributed by atoms with Crippen molar-refractivity contribution in [1.29, 1.82) is 0 Å². The largest absolute Gasteiger partial charge is 0.504 e. The minimum Gasteiger partial charge on any atom is -0.504 e. The topological polar surface area (TPSA) is 66.8 Å². The van der Waals surface area contributed by atoms with Crippen molar-refractivity contribution in [3.8, 4) is 11.5 Å². The molecule has 0 spiro atoms. The Hall–Kier alpha value is -1.97. The third-order valence-electron chi connectivity index (χ3n) is 4.41. The summed E-state index contributed by atoms with van der Waals surface area (Å²) in [6, 6.07) is 4.62. The molecule has 0 radical (unpaired) electrons. The van der Waals surface area contributed by atoms with E-state index < -0.39 is 0 Å². The van der Waals surface area contributed by atoms with Gasteiger partial charge in [0.1, 0.15) is 0 Å². The Morgan fingerprint density at radius 3 is 2.19 bits per heavy atom. The van der Waals surface area contributed by atoms with Crippen LogP contribution >= 0.6 is 0 Å². The van der Waals surface area contributed by atoms with E-state index in [1.165, 1.54) is 18.6 Å². The second kappa shape index (κ2) is 10.9. The Morgan fingerprint density at radius 1 is 1.00 bits per heavy atom. The van der Waals surface area contributed by atoms with Crippen LogP contribution in [0.1, 0.15) is 53.0 Å². The van der Waals surface area contributed by atoms with Crippen molar-refractivity contribution in [2.75, 3.05) is 6.61 Å². The number of carbonyl (C=O) groups is 1. The van der Waals surface area contributed by atoms with Crippen molar-refractivity contribution in [3.63, 3.8) is 0 Å². The first-order chi connectivity index (χ1) is 12.2. The van der Waals surface area contributed by atoms with Gasteiger partial charge in [0, 0.05) is 6.42 Å². The Morgan fingerprint density at radius 2 is 1.62 bits per heavy atom. The molecule has 1 aromatic carbocycles. The molecule has 0 aromatic heterocycles. The van der Waals surface area contributed by atoms with E-state index in [0.717, 1.165) is 12.0 Å². The molecule has 0 amide bonds. The molecule has 0 saturated carbocycles. The lowest BCUT2D eigenvalue weighted by molar-refractivity contribution is -0.148. The van der Waals surface area contributed by atoms with E-state index in [2.05, 4.69) is 39.8 Å². The number of allylic oxidation sites excluding steroid dienone is 2. The van der Waals surface area contributed by atoms with E-state index in [4.69, 9.17) is 4.74 Å². The highest BCUT2D eigenvalue weighted by Crippen LogP contribution is 2.25. The maximum atomic E-state index is 12.1. The van der Waals surface area contributed by atoms with Crippen LogP contribution in [0.4, 0.5) is 0 Å². The first kappa shape index (κ1) is 22.1. The molecule has 0 aliphatic heterocycles. The van der Waals surface area contributed by atoms with E-state index in [-0.39, 0.29) is 30.0 Å². The molecule has 4 nitrogen and oxygen atoms in total. The fourth-order valence-corrected chi connectivity index (χ4v) is 3.07. The monoisotopic (exact) mass is 362 g/mol. The van der Waals surface area contributed by atoms with Gasteiger partial charge in [0.15, 0.2) is 11.5 Å². The summed E-state index contributed by atoms with van der Waals surface area (Å²) < 4.78 is 5.35. The fraction of sp³-hybridized carbons (Fsp3) is 0.591. The molecule has 0 bridgehead atoms. The van der Waals surface area contributed by atoms with Gasteiger partial charge in [-0.25, -0.2) is 0 Å². The summed E-state index contributed by atoms with van der Waals surface area (Å²) in [6.07, 6.45) is 6.90. The number of hydrogen-bond acceptors (Lipinski definition) is 4. The van der Waals surface area contributed by atoms with Gasteiger partial charge < -0.3 is 14.9 Å². The highest BCUT2D eigenvalue weighted by molar-refractivity contribution is 5.72. The predicted octanol–water partition coefficient (Wildman–Crippen LogP) is 5.08. The molecule has 1 aromatic rings. The number of phenolic OH excluding ortho intramolecular Hbond substituents is 2. The molecule has 0 aliphatic rings. The molecule has 0 fully saturated rings. The Labute approximate surface area is 157 Å². The van der Waals surface area contributed by atoms with E-state index >= 15 is 0 Å². The third kappa shape index (κ3) is 8.41. The first-order valence-corrected chi connectivity index (χ1v) is 9.54. The summed E-state index contributed by atoms with van der Waals surface area (Å²) in [5.74, 6) is 0.933. The SMILES string of the molecule is CC(C)CC(C)/C=C\C(C)CC(C)C(=O)OCCc1ccc(O)c(O)c1. The Kier molecular flexibility index (Phi) is 9.25. The number of ether oxygens (including phenoxy) is 1. The van der Waals surface area contributed by atoms with Crippen molar-refractivity contribution < 1.29 is 19.7 Å². The van der Waals surface area contributed by atoms with Crippen LogP contribution in [0, 0.1) is 23.7 Å². The van der Waals surface area contributed by atoms with E-state index in [1.54, 1.807) is 6.07 Å². The smallest absolute Gasteiger partial charge is 0.308 e. The standard InChI is InChI=1S/C22H34O4/c1-15(2)12-16(3)6-7-17(4)13-18(5)22(25)26-11-10-19-8-9-20(23)21(24)14-19/h6-9,14-18,23-24H,10-13H2,1-5H3/b7-6-. The van der Waals surface area contributed by atoms with Gasteiger partial charge in [-0.1, -0.05) is 52.8 Å². The van der Waals surface area contributed by atoms with Crippen LogP contribution < -0.4 is 0 Å². The van der Waals surface area contributed by atoms with Crippen LogP contribution in [0.25, 0.3) is 0 Å². The summed E-state index contributed by atoms with van der Waals surface area (Å²) in [6.45, 7) is 11.0. The molecule has 146 valence electrons. The second-order valence-corrected chi connectivity index (χ2v) is 7.85.